The molecular formula is C21H30N3O3Rb3. The third-order valence-electron chi connectivity index (χ3n) is 4.03. The summed E-state index contributed by atoms with van der Waals surface area (Å²) in [6.45, 7) is 4.63. The number of unbranched alkanes of at least 4 members (excludes halogenated alkanes) is 3. The summed E-state index contributed by atoms with van der Waals surface area (Å²) in [5, 5.41) is 11.8. The van der Waals surface area contributed by atoms with Gasteiger partial charge in [-0.05, 0) is 25.3 Å². The second kappa shape index (κ2) is 25.1. The van der Waals surface area contributed by atoms with Crippen molar-refractivity contribution in [2.24, 2.45) is 5.92 Å². The molecule has 0 atom stereocenters. The van der Waals surface area contributed by atoms with Gasteiger partial charge in [-0.25, -0.2) is 0 Å². The normalized spacial score (nSPS) is 9.43. The van der Waals surface area contributed by atoms with E-state index in [4.69, 9.17) is 0 Å². The van der Waals surface area contributed by atoms with Crippen LogP contribution in [-0.4, -0.2) is 30.8 Å². The van der Waals surface area contributed by atoms with Gasteiger partial charge in [0.2, 0.25) is 0 Å². The molecule has 0 aliphatic heterocycles. The molecule has 0 aliphatic carbocycles. The molecule has 0 aromatic heterocycles. The Balaban J connectivity index is -0.00000243. The first-order valence-corrected chi connectivity index (χ1v) is 9.70. The summed E-state index contributed by atoms with van der Waals surface area (Å²) >= 11 is 0. The Bertz CT molecular complexity index is 587. The number of para-hydroxylation sites is 1. The zero-order valence-electron chi connectivity index (χ0n) is 19.4. The van der Waals surface area contributed by atoms with Crippen LogP contribution < -0.4 is 175 Å². The van der Waals surface area contributed by atoms with Crippen molar-refractivity contribution in [3.05, 3.63) is 46.3 Å². The van der Waals surface area contributed by atoms with Crippen LogP contribution in [0.5, 0.6) is 0 Å². The molecule has 9 heteroatoms. The van der Waals surface area contributed by atoms with Crippen LogP contribution in [0, 0.1) is 5.92 Å². The number of benzene rings is 1. The summed E-state index contributed by atoms with van der Waals surface area (Å²) in [7, 11) is 0. The van der Waals surface area contributed by atoms with Gasteiger partial charge < -0.3 is 25.5 Å². The first kappa shape index (κ1) is 37.6. The fourth-order valence-electron chi connectivity index (χ4n) is 2.37. The molecule has 0 bridgehead atoms. The smallest absolute Gasteiger partial charge is 0.670 e. The zero-order valence-corrected chi connectivity index (χ0v) is 34.1. The molecule has 0 N–H and O–H groups in total. The van der Waals surface area contributed by atoms with Crippen molar-refractivity contribution in [3.63, 3.8) is 0 Å². The van der Waals surface area contributed by atoms with E-state index >= 15 is 0 Å². The van der Waals surface area contributed by atoms with Crippen molar-refractivity contribution in [1.29, 1.82) is 0 Å². The number of ketones is 1. The number of urea groups is 1. The molecular weight excluding hydrogens is 599 g/mol. The van der Waals surface area contributed by atoms with Gasteiger partial charge in [-0.2, -0.15) is 0 Å². The number of hydrogen-bond donors (Lipinski definition) is 0. The second-order valence-electron chi connectivity index (χ2n) is 6.78. The molecule has 150 valence electrons. The van der Waals surface area contributed by atoms with Crippen molar-refractivity contribution >= 4 is 23.4 Å². The fourth-order valence-corrected chi connectivity index (χ4v) is 2.37. The van der Waals surface area contributed by atoms with Crippen molar-refractivity contribution in [2.45, 2.75) is 58.8 Å². The van der Waals surface area contributed by atoms with Gasteiger partial charge in [0.15, 0.2) is 0 Å². The zero-order chi connectivity index (χ0) is 19.9. The number of nitrogens with zero attached hydrogens (tertiary/aromatic N) is 3. The van der Waals surface area contributed by atoms with Crippen LogP contribution >= 0.6 is 0 Å². The molecule has 1 aromatic carbocycles. The minimum atomic E-state index is -0.430. The molecule has 0 spiro atoms. The molecule has 0 fully saturated rings. The van der Waals surface area contributed by atoms with E-state index in [0.29, 0.717) is 31.6 Å². The molecule has 0 saturated carbocycles. The Morgan fingerprint density at radius 2 is 1.30 bits per heavy atom. The van der Waals surface area contributed by atoms with Crippen LogP contribution in [0.25, 0.3) is 16.0 Å². The van der Waals surface area contributed by atoms with E-state index in [9.17, 15) is 14.4 Å². The van der Waals surface area contributed by atoms with Crippen LogP contribution in [0.1, 0.15) is 58.8 Å². The number of carbonyl (C=O) groups is 3. The van der Waals surface area contributed by atoms with Gasteiger partial charge in [-0.15, -0.1) is 18.8 Å². The Morgan fingerprint density at radius 3 is 1.87 bits per heavy atom. The van der Waals surface area contributed by atoms with E-state index in [1.54, 1.807) is 12.1 Å². The summed E-state index contributed by atoms with van der Waals surface area (Å²) in [4.78, 5) is 34.7. The number of Topliss-reactive ketones (excluding diaryl/α,β-unsaturated/α-hetero) is 1. The van der Waals surface area contributed by atoms with Gasteiger partial charge in [0.1, 0.15) is 5.78 Å². The van der Waals surface area contributed by atoms with E-state index in [1.807, 2.05) is 32.0 Å². The van der Waals surface area contributed by atoms with Crippen molar-refractivity contribution in [2.75, 3.05) is 13.1 Å². The van der Waals surface area contributed by atoms with E-state index in [2.05, 4.69) is 16.0 Å². The van der Waals surface area contributed by atoms with Gasteiger partial charge >= 0.3 is 175 Å². The van der Waals surface area contributed by atoms with Crippen LogP contribution in [0.15, 0.2) is 30.3 Å². The van der Waals surface area contributed by atoms with Gasteiger partial charge in [0.25, 0.3) is 0 Å². The summed E-state index contributed by atoms with van der Waals surface area (Å²) in [5.41, 5.74) is 0.679. The standard InChI is InChI=1S/C21H32N3O3.3Rb/c1-17(2)19(25)13-8-10-16-23-21(27)22-15-9-4-7-14-20(26)24-18-11-5-3-6-12-18;;;/h3,5-6,11-12,17H,4,7-10,13-16H2,1-2H3,(H2-,22,23,24,26,27);;;/q-1;3*+1/p-2. The van der Waals surface area contributed by atoms with Crippen molar-refractivity contribution in [1.82, 2.24) is 0 Å². The molecule has 0 unspecified atom stereocenters. The van der Waals surface area contributed by atoms with Gasteiger partial charge in [-0.3, -0.25) is 4.79 Å². The maximum Gasteiger partial charge on any atom is 1.00 e. The Kier molecular flexibility index (Phi) is 31.5. The molecule has 0 radical (unpaired) electrons. The number of amides is 3. The molecule has 6 nitrogen and oxygen atoms in total. The number of carbonyl (C=O) groups excluding carboxylic acids is 3. The third-order valence-corrected chi connectivity index (χ3v) is 4.03. The molecule has 0 aliphatic rings. The van der Waals surface area contributed by atoms with Crippen molar-refractivity contribution in [3.8, 4) is 0 Å². The molecule has 3 amide bonds. The maximum absolute atomic E-state index is 11.7. The average molecular weight is 629 g/mol. The fraction of sp³-hybridized carbons (Fsp3) is 0.571. The van der Waals surface area contributed by atoms with E-state index in [0.717, 1.165) is 32.1 Å². The predicted molar refractivity (Wildman–Crippen MR) is 108 cm³/mol. The van der Waals surface area contributed by atoms with Crippen LogP contribution in [-0.2, 0) is 9.59 Å². The SMILES string of the molecule is CC(C)C(=O)CCCC[N-]C(=O)[N-]CCCCCC(=O)[N-]c1ccccc1.[Rb+].[Rb+].[Rb+]. The van der Waals surface area contributed by atoms with Crippen LogP contribution in [0.3, 0.4) is 0 Å². The first-order valence-electron chi connectivity index (χ1n) is 9.70. The Morgan fingerprint density at radius 1 is 0.767 bits per heavy atom. The quantitative estimate of drug-likeness (QED) is 0.219. The summed E-state index contributed by atoms with van der Waals surface area (Å²) in [6.07, 6.45) is 4.76. The van der Waals surface area contributed by atoms with Crippen LogP contribution in [0.4, 0.5) is 10.5 Å². The monoisotopic (exact) mass is 627 g/mol. The van der Waals surface area contributed by atoms with Crippen molar-refractivity contribution < 1.29 is 189 Å². The van der Waals surface area contributed by atoms with Gasteiger partial charge in [0.05, 0.1) is 5.91 Å². The maximum atomic E-state index is 11.7. The van der Waals surface area contributed by atoms with Crippen LogP contribution in [0.2, 0.25) is 0 Å². The summed E-state index contributed by atoms with van der Waals surface area (Å²) in [6, 6.07) is 8.75. The molecule has 30 heavy (non-hydrogen) atoms. The van der Waals surface area contributed by atoms with E-state index < -0.39 is 6.03 Å². The van der Waals surface area contributed by atoms with Gasteiger partial charge in [0, 0.05) is 12.3 Å². The van der Waals surface area contributed by atoms with E-state index in [1.165, 1.54) is 0 Å². The minimum absolute atomic E-state index is 0. The van der Waals surface area contributed by atoms with Gasteiger partial charge in [-0.1, -0.05) is 63.4 Å². The Labute approximate surface area is 328 Å². The largest absolute Gasteiger partial charge is 1.00 e. The molecule has 0 saturated heterocycles. The predicted octanol–water partition coefficient (Wildman–Crippen LogP) is -2.95. The topological polar surface area (TPSA) is 93.5 Å². The number of hydrogen-bond acceptors (Lipinski definition) is 3. The number of rotatable bonds is 13. The Hall–Kier alpha value is 3.05. The third kappa shape index (κ3) is 21.6. The average Bonchev–Trinajstić information content (AvgIpc) is 2.64. The summed E-state index contributed by atoms with van der Waals surface area (Å²) < 4.78 is 0. The van der Waals surface area contributed by atoms with E-state index in [-0.39, 0.29) is 192 Å². The minimum Gasteiger partial charge on any atom is -0.670 e. The second-order valence-corrected chi connectivity index (χ2v) is 6.78. The first-order chi connectivity index (χ1) is 13.0. The molecule has 1 aromatic rings. The summed E-state index contributed by atoms with van der Waals surface area (Å²) in [5.74, 6) is 0.196. The molecule has 0 heterocycles. The molecule has 1 rings (SSSR count).